The van der Waals surface area contributed by atoms with Gasteiger partial charge in [-0.2, -0.15) is 0 Å². The fourth-order valence-electron chi connectivity index (χ4n) is 1.59. The minimum absolute atomic E-state index is 0. The summed E-state index contributed by atoms with van der Waals surface area (Å²) in [6.07, 6.45) is -0.336. The Labute approximate surface area is 112 Å². The topological polar surface area (TPSA) is 64.7 Å². The van der Waals surface area contributed by atoms with Gasteiger partial charge in [-0.05, 0) is 12.5 Å². The number of benzene rings is 1. The summed E-state index contributed by atoms with van der Waals surface area (Å²) in [5, 5.41) is 9.63. The monoisotopic (exact) mass is 279 g/mol. The van der Waals surface area contributed by atoms with Crippen molar-refractivity contribution in [1.29, 1.82) is 0 Å². The van der Waals surface area contributed by atoms with Gasteiger partial charge >= 0.3 is 0 Å². The normalized spacial score (nSPS) is 13.4. The van der Waals surface area contributed by atoms with Crippen molar-refractivity contribution >= 4 is 12.4 Å². The Hall–Kier alpha value is -1.04. The van der Waals surface area contributed by atoms with Crippen LogP contribution in [0.2, 0.25) is 0 Å². The van der Waals surface area contributed by atoms with E-state index in [2.05, 4.69) is 0 Å². The maximum atomic E-state index is 13.8. The third-order valence-electron chi connectivity index (χ3n) is 2.69. The van der Waals surface area contributed by atoms with Gasteiger partial charge in [0, 0.05) is 11.6 Å². The maximum Gasteiger partial charge on any atom is 0.163 e. The standard InChI is InChI=1S/C12H18FNO3.ClH/c1-4-9(15)12(14)7-5-10(16-2)11(17-3)6-8(7)13;/h5-6,9,12,15H,4,14H2,1-3H3;1H/t9-,12+;/m1./s1. The molecule has 4 nitrogen and oxygen atoms in total. The molecule has 0 saturated carbocycles. The summed E-state index contributed by atoms with van der Waals surface area (Å²) in [7, 11) is 2.89. The molecule has 104 valence electrons. The van der Waals surface area contributed by atoms with Crippen molar-refractivity contribution in [3.63, 3.8) is 0 Å². The number of aliphatic hydroxyl groups excluding tert-OH is 1. The maximum absolute atomic E-state index is 13.8. The molecule has 2 atom stereocenters. The molecule has 0 heterocycles. The van der Waals surface area contributed by atoms with Crippen LogP contribution < -0.4 is 15.2 Å². The summed E-state index contributed by atoms with van der Waals surface area (Å²) in [6.45, 7) is 1.78. The van der Waals surface area contributed by atoms with Crippen molar-refractivity contribution in [2.45, 2.75) is 25.5 Å². The van der Waals surface area contributed by atoms with Gasteiger partial charge in [0.25, 0.3) is 0 Å². The number of hydrogen-bond acceptors (Lipinski definition) is 4. The molecule has 0 aliphatic heterocycles. The summed E-state index contributed by atoms with van der Waals surface area (Å²) in [5.74, 6) is 0.178. The molecule has 0 unspecified atom stereocenters. The molecule has 1 rings (SSSR count). The molecule has 18 heavy (non-hydrogen) atoms. The van der Waals surface area contributed by atoms with E-state index >= 15 is 0 Å². The summed E-state index contributed by atoms with van der Waals surface area (Å²) in [4.78, 5) is 0. The molecule has 0 fully saturated rings. The molecule has 0 aliphatic carbocycles. The third-order valence-corrected chi connectivity index (χ3v) is 2.69. The van der Waals surface area contributed by atoms with E-state index in [1.54, 1.807) is 6.92 Å². The van der Waals surface area contributed by atoms with Crippen molar-refractivity contribution in [3.8, 4) is 11.5 Å². The number of methoxy groups -OCH3 is 2. The molecular weight excluding hydrogens is 261 g/mol. The van der Waals surface area contributed by atoms with Crippen LogP contribution in [-0.2, 0) is 0 Å². The van der Waals surface area contributed by atoms with Gasteiger partial charge in [0.05, 0.1) is 26.4 Å². The SMILES string of the molecule is CC[C@@H](O)[C@@H](N)c1cc(OC)c(OC)cc1F.Cl. The zero-order valence-electron chi connectivity index (χ0n) is 10.6. The Balaban J connectivity index is 0.00000289. The van der Waals surface area contributed by atoms with Gasteiger partial charge in [-0.25, -0.2) is 4.39 Å². The predicted molar refractivity (Wildman–Crippen MR) is 70.0 cm³/mol. The molecule has 0 aromatic heterocycles. The molecule has 1 aromatic carbocycles. The first-order valence-electron chi connectivity index (χ1n) is 5.40. The van der Waals surface area contributed by atoms with E-state index in [1.807, 2.05) is 0 Å². The summed E-state index contributed by atoms with van der Waals surface area (Å²) in [5.41, 5.74) is 6.00. The van der Waals surface area contributed by atoms with E-state index in [0.717, 1.165) is 0 Å². The Morgan fingerprint density at radius 3 is 2.22 bits per heavy atom. The van der Waals surface area contributed by atoms with Crippen LogP contribution in [0.25, 0.3) is 0 Å². The van der Waals surface area contributed by atoms with Gasteiger partial charge in [-0.15, -0.1) is 12.4 Å². The highest BCUT2D eigenvalue weighted by atomic mass is 35.5. The predicted octanol–water partition coefficient (Wildman–Crippen LogP) is 2.04. The molecule has 0 amide bonds. The van der Waals surface area contributed by atoms with Crippen LogP contribution in [0.5, 0.6) is 11.5 Å². The number of rotatable bonds is 5. The summed E-state index contributed by atoms with van der Waals surface area (Å²) >= 11 is 0. The number of ether oxygens (including phenoxy) is 2. The summed E-state index contributed by atoms with van der Waals surface area (Å²) in [6, 6.07) is 1.88. The Kier molecular flexibility index (Phi) is 6.98. The molecular formula is C12H19ClFNO3. The smallest absolute Gasteiger partial charge is 0.163 e. The third kappa shape index (κ3) is 3.48. The van der Waals surface area contributed by atoms with Crippen LogP contribution in [0.3, 0.4) is 0 Å². The first kappa shape index (κ1) is 17.0. The van der Waals surface area contributed by atoms with E-state index in [9.17, 15) is 9.50 Å². The van der Waals surface area contributed by atoms with Gasteiger partial charge in [0.1, 0.15) is 5.82 Å². The van der Waals surface area contributed by atoms with Crippen molar-refractivity contribution < 1.29 is 19.0 Å². The zero-order valence-corrected chi connectivity index (χ0v) is 11.5. The van der Waals surface area contributed by atoms with Crippen molar-refractivity contribution in [2.75, 3.05) is 14.2 Å². The second-order valence-electron chi connectivity index (χ2n) is 3.73. The van der Waals surface area contributed by atoms with Crippen LogP contribution in [0.15, 0.2) is 12.1 Å². The fourth-order valence-corrected chi connectivity index (χ4v) is 1.59. The Bertz CT molecular complexity index is 390. The molecule has 0 bridgehead atoms. The van der Waals surface area contributed by atoms with Crippen LogP contribution in [0, 0.1) is 5.82 Å². The van der Waals surface area contributed by atoms with Crippen LogP contribution >= 0.6 is 12.4 Å². The largest absolute Gasteiger partial charge is 0.493 e. The summed E-state index contributed by atoms with van der Waals surface area (Å²) < 4.78 is 23.8. The average molecular weight is 280 g/mol. The lowest BCUT2D eigenvalue weighted by atomic mass is 9.99. The van der Waals surface area contributed by atoms with Gasteiger partial charge in [-0.1, -0.05) is 6.92 Å². The minimum Gasteiger partial charge on any atom is -0.493 e. The Morgan fingerprint density at radius 2 is 1.78 bits per heavy atom. The molecule has 3 N–H and O–H groups in total. The molecule has 0 aliphatic rings. The average Bonchev–Trinajstić information content (AvgIpc) is 2.36. The fraction of sp³-hybridized carbons (Fsp3) is 0.500. The highest BCUT2D eigenvalue weighted by molar-refractivity contribution is 5.85. The van der Waals surface area contributed by atoms with Crippen LogP contribution in [0.4, 0.5) is 4.39 Å². The molecule has 0 spiro atoms. The second kappa shape index (κ2) is 7.41. The van der Waals surface area contributed by atoms with Crippen LogP contribution in [-0.4, -0.2) is 25.4 Å². The van der Waals surface area contributed by atoms with E-state index in [0.29, 0.717) is 17.9 Å². The van der Waals surface area contributed by atoms with Gasteiger partial charge in [-0.3, -0.25) is 0 Å². The van der Waals surface area contributed by atoms with Gasteiger partial charge in [0.2, 0.25) is 0 Å². The zero-order chi connectivity index (χ0) is 13.0. The van der Waals surface area contributed by atoms with Crippen LogP contribution in [0.1, 0.15) is 24.9 Å². The van der Waals surface area contributed by atoms with E-state index in [1.165, 1.54) is 26.4 Å². The molecule has 0 radical (unpaired) electrons. The number of halogens is 2. The molecule has 1 aromatic rings. The van der Waals surface area contributed by atoms with E-state index < -0.39 is 18.0 Å². The quantitative estimate of drug-likeness (QED) is 0.866. The number of hydrogen-bond donors (Lipinski definition) is 2. The molecule has 6 heteroatoms. The van der Waals surface area contributed by atoms with Crippen molar-refractivity contribution in [1.82, 2.24) is 0 Å². The second-order valence-corrected chi connectivity index (χ2v) is 3.73. The highest BCUT2D eigenvalue weighted by Gasteiger charge is 2.21. The van der Waals surface area contributed by atoms with Crippen molar-refractivity contribution in [3.05, 3.63) is 23.5 Å². The van der Waals surface area contributed by atoms with Gasteiger partial charge < -0.3 is 20.3 Å². The first-order valence-corrected chi connectivity index (χ1v) is 5.40. The number of aliphatic hydroxyl groups is 1. The molecule has 0 saturated heterocycles. The number of nitrogens with two attached hydrogens (primary N) is 1. The first-order chi connectivity index (χ1) is 8.04. The Morgan fingerprint density at radius 1 is 1.28 bits per heavy atom. The van der Waals surface area contributed by atoms with Crippen molar-refractivity contribution in [2.24, 2.45) is 5.73 Å². The minimum atomic E-state index is -0.789. The lowest BCUT2D eigenvalue weighted by molar-refractivity contribution is 0.139. The lowest BCUT2D eigenvalue weighted by Gasteiger charge is -2.19. The highest BCUT2D eigenvalue weighted by Crippen LogP contribution is 2.32. The lowest BCUT2D eigenvalue weighted by Crippen LogP contribution is -2.26. The van der Waals surface area contributed by atoms with E-state index in [4.69, 9.17) is 15.2 Å². The van der Waals surface area contributed by atoms with Gasteiger partial charge in [0.15, 0.2) is 11.5 Å². The van der Waals surface area contributed by atoms with E-state index in [-0.39, 0.29) is 18.0 Å².